The van der Waals surface area contributed by atoms with E-state index in [2.05, 4.69) is 36.4 Å². The molecule has 1 aromatic heterocycles. The van der Waals surface area contributed by atoms with Gasteiger partial charge in [0.05, 0.1) is 17.4 Å². The maximum absolute atomic E-state index is 8.70. The first-order valence-electron chi connectivity index (χ1n) is 6.82. The summed E-state index contributed by atoms with van der Waals surface area (Å²) < 4.78 is 1.85. The second-order valence-corrected chi connectivity index (χ2v) is 5.64. The highest BCUT2D eigenvalue weighted by molar-refractivity contribution is 5.60. The molecule has 0 bridgehead atoms. The highest BCUT2D eigenvalue weighted by Crippen LogP contribution is 2.25. The van der Waals surface area contributed by atoms with Crippen molar-refractivity contribution in [3.05, 3.63) is 42.7 Å². The van der Waals surface area contributed by atoms with Crippen LogP contribution in [0.2, 0.25) is 0 Å². The van der Waals surface area contributed by atoms with Crippen LogP contribution in [0.4, 0.5) is 5.69 Å². The first kappa shape index (κ1) is 14.1. The molecule has 0 aliphatic rings. The highest BCUT2D eigenvalue weighted by Gasteiger charge is 2.17. The fraction of sp³-hybridized carbons (Fsp3) is 0.375. The molecule has 0 saturated heterocycles. The number of nitrogens with one attached hydrogen (secondary N) is 1. The van der Waals surface area contributed by atoms with E-state index in [1.165, 1.54) is 0 Å². The molecule has 1 aromatic carbocycles. The summed E-state index contributed by atoms with van der Waals surface area (Å²) in [5, 5.41) is 16.5. The minimum absolute atomic E-state index is 0.0902. The number of nitrogens with zero attached hydrogens (tertiary/aromatic N) is 3. The predicted octanol–water partition coefficient (Wildman–Crippen LogP) is 3.61. The first-order valence-corrected chi connectivity index (χ1v) is 6.82. The van der Waals surface area contributed by atoms with Gasteiger partial charge in [-0.15, -0.1) is 0 Å². The molecule has 0 saturated carbocycles. The second-order valence-electron chi connectivity index (χ2n) is 5.64. The molecular weight excluding hydrogens is 248 g/mol. The molecule has 2 rings (SSSR count). The predicted molar refractivity (Wildman–Crippen MR) is 80.7 cm³/mol. The van der Waals surface area contributed by atoms with Gasteiger partial charge in [0, 0.05) is 25.4 Å². The zero-order chi connectivity index (χ0) is 14.4. The molecule has 0 aliphatic heterocycles. The third kappa shape index (κ3) is 3.61. The number of nitriles is 1. The average molecular weight is 268 g/mol. The van der Waals surface area contributed by atoms with Crippen LogP contribution < -0.4 is 5.32 Å². The van der Waals surface area contributed by atoms with Crippen LogP contribution in [0.3, 0.4) is 0 Å². The van der Waals surface area contributed by atoms with Gasteiger partial charge in [-0.25, -0.2) is 4.68 Å². The molecule has 1 heterocycles. The summed E-state index contributed by atoms with van der Waals surface area (Å²) in [6.07, 6.45) is 5.19. The summed E-state index contributed by atoms with van der Waals surface area (Å²) in [6, 6.07) is 12.2. The minimum Gasteiger partial charge on any atom is -0.383 e. The summed E-state index contributed by atoms with van der Waals surface area (Å²) >= 11 is 0. The Bertz CT molecular complexity index is 579. The molecule has 0 unspecified atom stereocenters. The van der Waals surface area contributed by atoms with Crippen LogP contribution in [0, 0.1) is 16.7 Å². The summed E-state index contributed by atoms with van der Waals surface area (Å²) in [6.45, 7) is 5.18. The molecule has 0 radical (unpaired) electrons. The number of benzene rings is 1. The molecule has 1 N–H and O–H groups in total. The van der Waals surface area contributed by atoms with Crippen molar-refractivity contribution in [3.63, 3.8) is 0 Å². The van der Waals surface area contributed by atoms with E-state index in [4.69, 9.17) is 5.26 Å². The quantitative estimate of drug-likeness (QED) is 0.870. The lowest BCUT2D eigenvalue weighted by atomic mass is 9.88. The van der Waals surface area contributed by atoms with Crippen molar-refractivity contribution in [1.82, 2.24) is 9.78 Å². The van der Waals surface area contributed by atoms with Crippen molar-refractivity contribution in [3.8, 4) is 11.8 Å². The second kappa shape index (κ2) is 6.25. The fourth-order valence-electron chi connectivity index (χ4n) is 2.05. The Morgan fingerprint density at radius 3 is 2.80 bits per heavy atom. The molecule has 0 amide bonds. The highest BCUT2D eigenvalue weighted by atomic mass is 15.3. The topological polar surface area (TPSA) is 53.6 Å². The standard InChI is InChI=1S/C16H20N4/c1-16(2,9-5-10-17)13-18-14-7-3-4-8-15(14)20-12-6-11-19-20/h3-4,6-8,11-12,18H,5,9,13H2,1-2H3. The maximum Gasteiger partial charge on any atom is 0.0876 e. The number of anilines is 1. The number of rotatable bonds is 6. The molecule has 0 fully saturated rings. The third-order valence-corrected chi connectivity index (χ3v) is 3.33. The SMILES string of the molecule is CC(C)(CCC#N)CNc1ccccc1-n1cccn1. The Morgan fingerprint density at radius 2 is 2.10 bits per heavy atom. The normalized spacial score (nSPS) is 11.1. The van der Waals surface area contributed by atoms with Gasteiger partial charge in [0.25, 0.3) is 0 Å². The van der Waals surface area contributed by atoms with Gasteiger partial charge in [-0.2, -0.15) is 10.4 Å². The number of hydrogen-bond donors (Lipinski definition) is 1. The Hall–Kier alpha value is -2.28. The zero-order valence-electron chi connectivity index (χ0n) is 12.0. The first-order chi connectivity index (χ1) is 9.62. The molecule has 104 valence electrons. The van der Waals surface area contributed by atoms with E-state index in [0.717, 1.165) is 24.3 Å². The van der Waals surface area contributed by atoms with Crippen molar-refractivity contribution < 1.29 is 0 Å². The van der Waals surface area contributed by atoms with Crippen LogP contribution >= 0.6 is 0 Å². The Kier molecular flexibility index (Phi) is 4.41. The van der Waals surface area contributed by atoms with E-state index < -0.39 is 0 Å². The Morgan fingerprint density at radius 1 is 1.30 bits per heavy atom. The van der Waals surface area contributed by atoms with Gasteiger partial charge in [0.1, 0.15) is 0 Å². The third-order valence-electron chi connectivity index (χ3n) is 3.33. The lowest BCUT2D eigenvalue weighted by molar-refractivity contribution is 0.364. The van der Waals surface area contributed by atoms with Gasteiger partial charge < -0.3 is 5.32 Å². The van der Waals surface area contributed by atoms with E-state index in [-0.39, 0.29) is 5.41 Å². The van der Waals surface area contributed by atoms with Crippen molar-refractivity contribution in [2.24, 2.45) is 5.41 Å². The average Bonchev–Trinajstić information content (AvgIpc) is 2.97. The molecule has 0 atom stereocenters. The number of para-hydroxylation sites is 2. The van der Waals surface area contributed by atoms with E-state index in [1.807, 2.05) is 35.1 Å². The maximum atomic E-state index is 8.70. The van der Waals surface area contributed by atoms with Crippen molar-refractivity contribution in [1.29, 1.82) is 5.26 Å². The summed E-state index contributed by atoms with van der Waals surface area (Å²) in [4.78, 5) is 0. The van der Waals surface area contributed by atoms with Gasteiger partial charge >= 0.3 is 0 Å². The Labute approximate surface area is 120 Å². The molecule has 4 heteroatoms. The summed E-state index contributed by atoms with van der Waals surface area (Å²) in [5.41, 5.74) is 2.18. The molecule has 2 aromatic rings. The van der Waals surface area contributed by atoms with Crippen LogP contribution in [0.25, 0.3) is 5.69 Å². The minimum atomic E-state index is 0.0902. The van der Waals surface area contributed by atoms with Gasteiger partial charge in [-0.3, -0.25) is 0 Å². The smallest absolute Gasteiger partial charge is 0.0876 e. The van der Waals surface area contributed by atoms with Crippen molar-refractivity contribution >= 4 is 5.69 Å². The van der Waals surface area contributed by atoms with Gasteiger partial charge in [0.2, 0.25) is 0 Å². The summed E-state index contributed by atoms with van der Waals surface area (Å²) in [5.74, 6) is 0. The van der Waals surface area contributed by atoms with Gasteiger partial charge in [-0.1, -0.05) is 26.0 Å². The van der Waals surface area contributed by atoms with E-state index >= 15 is 0 Å². The lowest BCUT2D eigenvalue weighted by Crippen LogP contribution is -2.23. The lowest BCUT2D eigenvalue weighted by Gasteiger charge is -2.25. The van der Waals surface area contributed by atoms with Crippen LogP contribution in [0.5, 0.6) is 0 Å². The van der Waals surface area contributed by atoms with E-state index in [0.29, 0.717) is 6.42 Å². The molecule has 0 spiro atoms. The van der Waals surface area contributed by atoms with Crippen LogP contribution in [-0.2, 0) is 0 Å². The Balaban J connectivity index is 2.09. The molecule has 0 aliphatic carbocycles. The van der Waals surface area contributed by atoms with Crippen LogP contribution in [-0.4, -0.2) is 16.3 Å². The number of hydrogen-bond acceptors (Lipinski definition) is 3. The summed E-state index contributed by atoms with van der Waals surface area (Å²) in [7, 11) is 0. The van der Waals surface area contributed by atoms with E-state index in [1.54, 1.807) is 6.20 Å². The molecular formula is C16H20N4. The van der Waals surface area contributed by atoms with Crippen molar-refractivity contribution in [2.45, 2.75) is 26.7 Å². The van der Waals surface area contributed by atoms with E-state index in [9.17, 15) is 0 Å². The number of aromatic nitrogens is 2. The largest absolute Gasteiger partial charge is 0.383 e. The monoisotopic (exact) mass is 268 g/mol. The zero-order valence-corrected chi connectivity index (χ0v) is 12.0. The molecule has 20 heavy (non-hydrogen) atoms. The molecule has 4 nitrogen and oxygen atoms in total. The van der Waals surface area contributed by atoms with Gasteiger partial charge in [0.15, 0.2) is 0 Å². The van der Waals surface area contributed by atoms with Crippen LogP contribution in [0.15, 0.2) is 42.7 Å². The van der Waals surface area contributed by atoms with Crippen LogP contribution in [0.1, 0.15) is 26.7 Å². The van der Waals surface area contributed by atoms with Crippen molar-refractivity contribution in [2.75, 3.05) is 11.9 Å². The fourth-order valence-corrected chi connectivity index (χ4v) is 2.05. The van der Waals surface area contributed by atoms with Gasteiger partial charge in [-0.05, 0) is 30.0 Å².